The van der Waals surface area contributed by atoms with Crippen molar-refractivity contribution in [3.05, 3.63) is 28.6 Å². The average molecular weight is 610 g/mol. The van der Waals surface area contributed by atoms with E-state index in [1.165, 1.54) is 21.7 Å². The Balaban J connectivity index is 1.08. The van der Waals surface area contributed by atoms with Gasteiger partial charge in [0.1, 0.15) is 24.1 Å². The summed E-state index contributed by atoms with van der Waals surface area (Å²) >= 11 is 5.32. The number of hydrogen-bond donors (Lipinski definition) is 6. The van der Waals surface area contributed by atoms with Crippen molar-refractivity contribution in [1.82, 2.24) is 44.5 Å². The molecule has 1 aliphatic carbocycles. The number of aromatic amines is 1. The van der Waals surface area contributed by atoms with Gasteiger partial charge in [0.2, 0.25) is 5.95 Å². The van der Waals surface area contributed by atoms with E-state index in [2.05, 4.69) is 35.3 Å². The van der Waals surface area contributed by atoms with E-state index < -0.39 is 48.5 Å². The fraction of sp³-hybridized carbons (Fsp3) is 0.550. The number of nitrogens with one attached hydrogen (secondary N) is 1. The molecule has 0 aromatic carbocycles. The second-order valence-corrected chi connectivity index (χ2v) is 12.8. The molecule has 7 rings (SSSR count). The third-order valence-electron chi connectivity index (χ3n) is 7.53. The maximum atomic E-state index is 12.2. The van der Waals surface area contributed by atoms with Crippen molar-refractivity contribution in [3.8, 4) is 0 Å². The Kier molecular flexibility index (Phi) is 6.12. The Morgan fingerprint density at radius 3 is 2.90 bits per heavy atom. The summed E-state index contributed by atoms with van der Waals surface area (Å²) < 4.78 is 26.3. The fourth-order valence-corrected chi connectivity index (χ4v) is 7.26. The van der Waals surface area contributed by atoms with Gasteiger partial charge in [0.15, 0.2) is 28.9 Å². The number of nitrogen functional groups attached to an aromatic ring is 2. The summed E-state index contributed by atoms with van der Waals surface area (Å²) in [5.74, 6) is -0.325. The van der Waals surface area contributed by atoms with Gasteiger partial charge in [0, 0.05) is 12.3 Å². The van der Waals surface area contributed by atoms with Crippen molar-refractivity contribution in [2.24, 2.45) is 5.92 Å². The predicted octanol–water partition coefficient (Wildman–Crippen LogP) is -2.09. The summed E-state index contributed by atoms with van der Waals surface area (Å²) in [5, 5.41) is 32.5. The van der Waals surface area contributed by atoms with Crippen LogP contribution in [0.4, 0.5) is 11.8 Å². The molecule has 6 heterocycles. The van der Waals surface area contributed by atoms with Crippen LogP contribution < -0.4 is 17.0 Å². The molecule has 8 N–H and O–H groups in total. The van der Waals surface area contributed by atoms with Crippen LogP contribution in [-0.4, -0.2) is 96.8 Å². The third kappa shape index (κ3) is 4.30. The molecule has 0 spiro atoms. The molecule has 4 aromatic heterocycles. The van der Waals surface area contributed by atoms with E-state index in [9.17, 15) is 19.9 Å². The zero-order valence-electron chi connectivity index (χ0n) is 20.9. The van der Waals surface area contributed by atoms with Crippen LogP contribution in [0.15, 0.2) is 17.3 Å². The Bertz CT molecular complexity index is 1770. The lowest BCUT2D eigenvalue weighted by atomic mass is 10.1. The third-order valence-corrected chi connectivity index (χ3v) is 9.12. The first-order valence-electron chi connectivity index (χ1n) is 12.4. The molecule has 21 heteroatoms. The van der Waals surface area contributed by atoms with Crippen LogP contribution >= 0.6 is 6.72 Å². The number of nitrogens with zero attached hydrogens (tertiary/aromatic N) is 8. The zero-order chi connectivity index (χ0) is 28.7. The van der Waals surface area contributed by atoms with E-state index in [1.54, 1.807) is 0 Å². The van der Waals surface area contributed by atoms with Crippen LogP contribution in [0.3, 0.4) is 0 Å². The van der Waals surface area contributed by atoms with Gasteiger partial charge in [-0.25, -0.2) is 14.5 Å². The lowest BCUT2D eigenvalue weighted by molar-refractivity contribution is -0.0904. The summed E-state index contributed by atoms with van der Waals surface area (Å²) in [5.41, 5.74) is 10.6. The van der Waals surface area contributed by atoms with Crippen LogP contribution in [0.25, 0.3) is 16.8 Å². The molecule has 0 bridgehead atoms. The molecule has 3 aliphatic rings. The van der Waals surface area contributed by atoms with Crippen LogP contribution in [0.1, 0.15) is 30.9 Å². The SMILES string of the molecule is Nc1nc2c(nnn2[C@@H]2O[C@H](CO)[C@@H]3C[C@]32OP(O)(=S)OC[C@H]2O[C@@H](c3cnc4c(N)ncnn34)C[C@@H]2O)c(=O)[nH]1. The number of anilines is 2. The largest absolute Gasteiger partial charge is 0.394 e. The highest BCUT2D eigenvalue weighted by Gasteiger charge is 2.73. The second-order valence-electron chi connectivity index (χ2n) is 10.0. The summed E-state index contributed by atoms with van der Waals surface area (Å²) in [7, 11) is 0. The minimum absolute atomic E-state index is 0.0311. The molecule has 0 radical (unpaired) electrons. The molecule has 1 saturated carbocycles. The number of rotatable bonds is 8. The first kappa shape index (κ1) is 26.7. The van der Waals surface area contributed by atoms with Gasteiger partial charge in [0.05, 0.1) is 37.3 Å². The molecule has 1 unspecified atom stereocenters. The van der Waals surface area contributed by atoms with E-state index in [4.69, 9.17) is 41.8 Å². The normalized spacial score (nSPS) is 32.5. The number of aliphatic hydroxyl groups is 2. The topological polar surface area (TPSA) is 269 Å². The number of H-pyrrole nitrogens is 1. The van der Waals surface area contributed by atoms with Crippen molar-refractivity contribution in [2.75, 3.05) is 24.7 Å². The molecular formula is C20H24N11O8PS. The standard InChI is InChI=1S/C20H24N11O8PS/c21-14-16-23-3-8(30(16)25-6-24-14)10-1-9(33)12(37-10)5-36-40(35,41)39-20-2-7(20)11(4-32)38-18(20)31-15-13(28-29-31)17(34)27-19(22)26-15/h3,6-7,9-12,18,32-33H,1-2,4-5H2,(H,35,41)(H2,21,24,25)(H3,22,26,27,34)/t7-,9-,10+,11+,12+,18+,20-,40?/m0/s1. The van der Waals surface area contributed by atoms with Crippen LogP contribution in [0, 0.1) is 5.92 Å². The first-order chi connectivity index (χ1) is 19.6. The van der Waals surface area contributed by atoms with E-state index in [1.807, 2.05) is 0 Å². The number of aliphatic hydroxyl groups excluding tert-OH is 2. The molecule has 19 nitrogen and oxygen atoms in total. The van der Waals surface area contributed by atoms with Gasteiger partial charge in [0.25, 0.3) is 5.56 Å². The average Bonchev–Trinajstić information content (AvgIpc) is 3.33. The van der Waals surface area contributed by atoms with Crippen LogP contribution in [-0.2, 0) is 30.3 Å². The fourth-order valence-electron chi connectivity index (χ4n) is 5.54. The van der Waals surface area contributed by atoms with Crippen LogP contribution in [0.2, 0.25) is 0 Å². The van der Waals surface area contributed by atoms with Crippen LogP contribution in [0.5, 0.6) is 0 Å². The van der Waals surface area contributed by atoms with E-state index in [0.717, 1.165) is 0 Å². The molecule has 4 aromatic rings. The summed E-state index contributed by atoms with van der Waals surface area (Å²) in [6.45, 7) is -4.60. The predicted molar refractivity (Wildman–Crippen MR) is 139 cm³/mol. The van der Waals surface area contributed by atoms with Gasteiger partial charge in [-0.2, -0.15) is 14.8 Å². The number of hydrogen-bond acceptors (Lipinski definition) is 16. The molecule has 218 valence electrons. The van der Waals surface area contributed by atoms with Crippen molar-refractivity contribution >= 4 is 47.1 Å². The zero-order valence-corrected chi connectivity index (χ0v) is 22.6. The molecule has 8 atom stereocenters. The highest BCUT2D eigenvalue weighted by Crippen LogP contribution is 2.68. The molecular weight excluding hydrogens is 585 g/mol. The van der Waals surface area contributed by atoms with Gasteiger partial charge in [-0.1, -0.05) is 5.21 Å². The number of fused-ring (bicyclic) bond motifs is 3. The van der Waals surface area contributed by atoms with Crippen molar-refractivity contribution in [2.45, 2.75) is 49.1 Å². The summed E-state index contributed by atoms with van der Waals surface area (Å²) in [4.78, 5) is 37.9. The first-order valence-corrected chi connectivity index (χ1v) is 15.0. The van der Waals surface area contributed by atoms with Gasteiger partial charge in [-0.05, 0) is 18.2 Å². The van der Waals surface area contributed by atoms with Gasteiger partial charge in [-0.3, -0.25) is 14.3 Å². The summed E-state index contributed by atoms with van der Waals surface area (Å²) in [6.07, 6.45) is -0.747. The van der Waals surface area contributed by atoms with Gasteiger partial charge >= 0.3 is 6.72 Å². The maximum Gasteiger partial charge on any atom is 0.325 e. The smallest absolute Gasteiger partial charge is 0.325 e. The number of imidazole rings is 1. The minimum atomic E-state index is -3.97. The monoisotopic (exact) mass is 609 g/mol. The maximum absolute atomic E-state index is 12.2. The highest BCUT2D eigenvalue weighted by atomic mass is 32.5. The Morgan fingerprint density at radius 1 is 1.27 bits per heavy atom. The lowest BCUT2D eigenvalue weighted by Crippen LogP contribution is -2.30. The molecule has 2 saturated heterocycles. The van der Waals surface area contributed by atoms with Gasteiger partial charge in [-0.15, -0.1) is 5.10 Å². The molecule has 2 aliphatic heterocycles. The quantitative estimate of drug-likeness (QED) is 0.117. The number of ether oxygens (including phenoxy) is 2. The van der Waals surface area contributed by atoms with Crippen molar-refractivity contribution in [1.29, 1.82) is 0 Å². The Labute approximate surface area is 233 Å². The van der Waals surface area contributed by atoms with E-state index >= 15 is 0 Å². The molecule has 41 heavy (non-hydrogen) atoms. The van der Waals surface area contributed by atoms with Gasteiger partial charge < -0.3 is 40.6 Å². The molecule has 0 amide bonds. The highest BCUT2D eigenvalue weighted by molar-refractivity contribution is 8.07. The van der Waals surface area contributed by atoms with Crippen molar-refractivity contribution in [3.63, 3.8) is 0 Å². The van der Waals surface area contributed by atoms with Crippen molar-refractivity contribution < 1.29 is 33.6 Å². The Morgan fingerprint density at radius 2 is 2.10 bits per heavy atom. The lowest BCUT2D eigenvalue weighted by Gasteiger charge is -2.28. The Hall–Kier alpha value is -3.20. The molecule has 3 fully saturated rings. The summed E-state index contributed by atoms with van der Waals surface area (Å²) in [6, 6.07) is 0. The number of nitrogens with two attached hydrogens (primary N) is 2. The number of aromatic nitrogens is 9. The van der Waals surface area contributed by atoms with E-state index in [-0.39, 0.29) is 48.5 Å². The van der Waals surface area contributed by atoms with E-state index in [0.29, 0.717) is 17.8 Å². The minimum Gasteiger partial charge on any atom is -0.394 e. The second kappa shape index (κ2) is 9.41.